The lowest BCUT2D eigenvalue weighted by molar-refractivity contribution is 0.441. The van der Waals surface area contributed by atoms with Crippen molar-refractivity contribution in [3.63, 3.8) is 0 Å². The summed E-state index contributed by atoms with van der Waals surface area (Å²) in [6.45, 7) is 1.88. The van der Waals surface area contributed by atoms with Crippen molar-refractivity contribution in [3.05, 3.63) is 24.2 Å². The van der Waals surface area contributed by atoms with Gasteiger partial charge in [-0.2, -0.15) is 0 Å². The van der Waals surface area contributed by atoms with Gasteiger partial charge in [-0.3, -0.25) is 5.10 Å². The van der Waals surface area contributed by atoms with Crippen molar-refractivity contribution in [1.29, 1.82) is 0 Å². The monoisotopic (exact) mass is 191 g/mol. The molecule has 0 aliphatic rings. The van der Waals surface area contributed by atoms with Gasteiger partial charge in [0.25, 0.3) is 0 Å². The number of hydrogen-bond acceptors (Lipinski definition) is 5. The quantitative estimate of drug-likeness (QED) is 0.735. The van der Waals surface area contributed by atoms with Crippen molar-refractivity contribution in [2.45, 2.75) is 6.92 Å². The molecule has 6 nitrogen and oxygen atoms in total. The Labute approximate surface area is 80.1 Å². The number of rotatable bonds is 2. The maximum absolute atomic E-state index is 5.37. The lowest BCUT2D eigenvalue weighted by Gasteiger charge is -1.98. The largest absolute Gasteiger partial charge is 0.417 e. The number of aromatic amines is 1. The van der Waals surface area contributed by atoms with E-state index in [0.717, 1.165) is 5.69 Å². The van der Waals surface area contributed by atoms with Crippen molar-refractivity contribution in [2.75, 3.05) is 5.73 Å². The van der Waals surface area contributed by atoms with Gasteiger partial charge in [0.15, 0.2) is 0 Å². The van der Waals surface area contributed by atoms with Crippen LogP contribution in [-0.2, 0) is 0 Å². The van der Waals surface area contributed by atoms with E-state index in [0.29, 0.717) is 17.6 Å². The Morgan fingerprint density at radius 1 is 1.29 bits per heavy atom. The number of aromatic nitrogens is 4. The molecule has 2 heterocycles. The molecular formula is C8H9N5O. The summed E-state index contributed by atoms with van der Waals surface area (Å²) in [4.78, 5) is 7.75. The molecule has 0 saturated carbocycles. The van der Waals surface area contributed by atoms with E-state index in [1.165, 1.54) is 12.4 Å². The standard InChI is InChI=1S/C8H9N5O/c1-5-2-7(13-12-5)14-8-4-10-6(9)3-11-8/h2-4H,1H3,(H2,9,10)(H,12,13). The summed E-state index contributed by atoms with van der Waals surface area (Å²) in [5.41, 5.74) is 6.29. The minimum Gasteiger partial charge on any atom is -0.417 e. The minimum atomic E-state index is 0.357. The average Bonchev–Trinajstić information content (AvgIpc) is 2.56. The molecule has 2 aromatic rings. The van der Waals surface area contributed by atoms with Gasteiger partial charge in [0.1, 0.15) is 5.82 Å². The van der Waals surface area contributed by atoms with E-state index in [-0.39, 0.29) is 0 Å². The number of nitrogen functional groups attached to an aromatic ring is 1. The van der Waals surface area contributed by atoms with Crippen molar-refractivity contribution in [3.8, 4) is 11.8 Å². The Kier molecular flexibility index (Phi) is 2.02. The predicted molar refractivity (Wildman–Crippen MR) is 49.8 cm³/mol. The molecule has 0 amide bonds. The molecule has 0 bridgehead atoms. The fourth-order valence-electron chi connectivity index (χ4n) is 0.931. The molecule has 0 atom stereocenters. The first-order chi connectivity index (χ1) is 6.74. The Hall–Kier alpha value is -2.11. The van der Waals surface area contributed by atoms with Crippen LogP contribution < -0.4 is 10.5 Å². The molecule has 0 aliphatic heterocycles. The topological polar surface area (TPSA) is 89.7 Å². The van der Waals surface area contributed by atoms with E-state index in [4.69, 9.17) is 10.5 Å². The summed E-state index contributed by atoms with van der Waals surface area (Å²) in [6, 6.07) is 1.76. The molecule has 2 rings (SSSR count). The lowest BCUT2D eigenvalue weighted by atomic mass is 10.5. The number of aryl methyl sites for hydroxylation is 1. The molecule has 72 valence electrons. The molecule has 2 aromatic heterocycles. The lowest BCUT2D eigenvalue weighted by Crippen LogP contribution is -1.93. The third-order valence-electron chi connectivity index (χ3n) is 1.54. The van der Waals surface area contributed by atoms with Crippen LogP contribution in [0.15, 0.2) is 18.5 Å². The van der Waals surface area contributed by atoms with E-state index < -0.39 is 0 Å². The van der Waals surface area contributed by atoms with Crippen LogP contribution >= 0.6 is 0 Å². The van der Waals surface area contributed by atoms with Crippen LogP contribution in [0, 0.1) is 6.92 Å². The van der Waals surface area contributed by atoms with Gasteiger partial charge >= 0.3 is 0 Å². The number of ether oxygens (including phenoxy) is 1. The molecule has 0 saturated heterocycles. The average molecular weight is 191 g/mol. The Morgan fingerprint density at radius 3 is 2.71 bits per heavy atom. The van der Waals surface area contributed by atoms with Gasteiger partial charge < -0.3 is 10.5 Å². The highest BCUT2D eigenvalue weighted by Crippen LogP contribution is 2.16. The summed E-state index contributed by atoms with van der Waals surface area (Å²) >= 11 is 0. The third kappa shape index (κ3) is 1.79. The smallest absolute Gasteiger partial charge is 0.240 e. The van der Waals surface area contributed by atoms with E-state index in [9.17, 15) is 0 Å². The molecule has 14 heavy (non-hydrogen) atoms. The van der Waals surface area contributed by atoms with Crippen molar-refractivity contribution >= 4 is 5.82 Å². The van der Waals surface area contributed by atoms with Gasteiger partial charge in [-0.05, 0) is 6.92 Å². The van der Waals surface area contributed by atoms with Gasteiger partial charge in [-0.25, -0.2) is 9.97 Å². The fraction of sp³-hybridized carbons (Fsp3) is 0.125. The second-order valence-electron chi connectivity index (χ2n) is 2.77. The molecule has 6 heteroatoms. The summed E-state index contributed by atoms with van der Waals surface area (Å²) in [7, 11) is 0. The zero-order valence-corrected chi connectivity index (χ0v) is 7.56. The summed E-state index contributed by atoms with van der Waals surface area (Å²) < 4.78 is 5.28. The zero-order valence-electron chi connectivity index (χ0n) is 7.56. The maximum atomic E-state index is 5.37. The van der Waals surface area contributed by atoms with Crippen LogP contribution in [0.4, 0.5) is 5.82 Å². The summed E-state index contributed by atoms with van der Waals surface area (Å²) in [5, 5.41) is 6.64. The fourth-order valence-corrected chi connectivity index (χ4v) is 0.931. The molecule has 0 fully saturated rings. The molecule has 0 aromatic carbocycles. The van der Waals surface area contributed by atoms with Crippen molar-refractivity contribution in [1.82, 2.24) is 20.2 Å². The maximum Gasteiger partial charge on any atom is 0.240 e. The number of nitrogens with two attached hydrogens (primary N) is 1. The van der Waals surface area contributed by atoms with E-state index in [1.807, 2.05) is 6.92 Å². The van der Waals surface area contributed by atoms with E-state index in [2.05, 4.69) is 20.2 Å². The summed E-state index contributed by atoms with van der Waals surface area (Å²) in [6.07, 6.45) is 2.87. The molecule has 3 N–H and O–H groups in total. The van der Waals surface area contributed by atoms with Gasteiger partial charge in [-0.1, -0.05) is 0 Å². The molecule has 0 radical (unpaired) electrons. The second-order valence-corrected chi connectivity index (χ2v) is 2.77. The van der Waals surface area contributed by atoms with E-state index >= 15 is 0 Å². The molecule has 0 unspecified atom stereocenters. The predicted octanol–water partition coefficient (Wildman–Crippen LogP) is 0.883. The van der Waals surface area contributed by atoms with Crippen LogP contribution in [0.3, 0.4) is 0 Å². The van der Waals surface area contributed by atoms with Crippen molar-refractivity contribution < 1.29 is 4.74 Å². The van der Waals surface area contributed by atoms with Gasteiger partial charge in [-0.15, -0.1) is 5.10 Å². The Balaban J connectivity index is 2.15. The highest BCUT2D eigenvalue weighted by atomic mass is 16.5. The third-order valence-corrected chi connectivity index (χ3v) is 1.54. The van der Waals surface area contributed by atoms with Crippen molar-refractivity contribution in [2.24, 2.45) is 0 Å². The Bertz CT molecular complexity index is 422. The molecular weight excluding hydrogens is 182 g/mol. The first kappa shape index (κ1) is 8.49. The zero-order chi connectivity index (χ0) is 9.97. The molecule has 0 spiro atoms. The molecule has 0 aliphatic carbocycles. The second kappa shape index (κ2) is 3.33. The number of hydrogen-bond donors (Lipinski definition) is 2. The van der Waals surface area contributed by atoms with Crippen LogP contribution in [0.5, 0.6) is 11.8 Å². The highest BCUT2D eigenvalue weighted by molar-refractivity contribution is 5.26. The van der Waals surface area contributed by atoms with Crippen LogP contribution in [0.25, 0.3) is 0 Å². The number of H-pyrrole nitrogens is 1. The van der Waals surface area contributed by atoms with E-state index in [1.54, 1.807) is 6.07 Å². The first-order valence-electron chi connectivity index (χ1n) is 4.01. The van der Waals surface area contributed by atoms with Gasteiger partial charge in [0.2, 0.25) is 11.8 Å². The highest BCUT2D eigenvalue weighted by Gasteiger charge is 2.01. The van der Waals surface area contributed by atoms with Crippen LogP contribution in [-0.4, -0.2) is 20.2 Å². The van der Waals surface area contributed by atoms with Gasteiger partial charge in [0.05, 0.1) is 12.4 Å². The number of anilines is 1. The van der Waals surface area contributed by atoms with Crippen LogP contribution in [0.1, 0.15) is 5.69 Å². The SMILES string of the molecule is Cc1cc(Oc2cnc(N)cn2)n[nH]1. The number of nitrogens with zero attached hydrogens (tertiary/aromatic N) is 3. The Morgan fingerprint density at radius 2 is 2.14 bits per heavy atom. The summed E-state index contributed by atoms with van der Waals surface area (Å²) in [5.74, 6) is 1.18. The minimum absolute atomic E-state index is 0.357. The van der Waals surface area contributed by atoms with Gasteiger partial charge in [0, 0.05) is 11.8 Å². The first-order valence-corrected chi connectivity index (χ1v) is 4.01. The normalized spacial score (nSPS) is 10.1. The van der Waals surface area contributed by atoms with Crippen LogP contribution in [0.2, 0.25) is 0 Å². The number of nitrogens with one attached hydrogen (secondary N) is 1.